The van der Waals surface area contributed by atoms with Crippen LogP contribution in [0.25, 0.3) is 0 Å². The molecule has 1 unspecified atom stereocenters. The number of imide groups is 1. The van der Waals surface area contributed by atoms with Gasteiger partial charge in [0.15, 0.2) is 0 Å². The van der Waals surface area contributed by atoms with Gasteiger partial charge in [0, 0.05) is 6.54 Å². The number of carbonyl (C=O) groups is 2. The summed E-state index contributed by atoms with van der Waals surface area (Å²) in [7, 11) is -4.00. The highest BCUT2D eigenvalue weighted by atomic mass is 35.5. The van der Waals surface area contributed by atoms with Gasteiger partial charge in [-0.2, -0.15) is 0 Å². The van der Waals surface area contributed by atoms with E-state index in [1.807, 2.05) is 0 Å². The molecule has 0 saturated carbocycles. The second kappa shape index (κ2) is 7.96. The fraction of sp³-hybridized carbons (Fsp3) is 0.222. The maximum Gasteiger partial charge on any atom is 0.261 e. The number of nitrogens with one attached hydrogen (secondary N) is 1. The van der Waals surface area contributed by atoms with Gasteiger partial charge in [0.2, 0.25) is 10.0 Å². The third-order valence-corrected chi connectivity index (χ3v) is 6.17. The van der Waals surface area contributed by atoms with E-state index in [1.54, 1.807) is 12.1 Å². The Bertz CT molecular complexity index is 1010. The van der Waals surface area contributed by atoms with E-state index in [0.717, 1.165) is 23.1 Å². The molecule has 2 aromatic carbocycles. The average molecular weight is 427 g/mol. The van der Waals surface area contributed by atoms with Gasteiger partial charge in [0.05, 0.1) is 28.8 Å². The number of fused-ring (bicyclic) bond motifs is 1. The van der Waals surface area contributed by atoms with Crippen molar-refractivity contribution >= 4 is 33.4 Å². The Morgan fingerprint density at radius 2 is 1.71 bits per heavy atom. The lowest BCUT2D eigenvalue weighted by atomic mass is 10.1. The van der Waals surface area contributed by atoms with Gasteiger partial charge in [-0.25, -0.2) is 17.5 Å². The minimum Gasteiger partial charge on any atom is -0.391 e. The van der Waals surface area contributed by atoms with Gasteiger partial charge in [0.25, 0.3) is 11.8 Å². The third kappa shape index (κ3) is 4.07. The average Bonchev–Trinajstić information content (AvgIpc) is 2.86. The van der Waals surface area contributed by atoms with Gasteiger partial charge < -0.3 is 5.11 Å². The monoisotopic (exact) mass is 426 g/mol. The van der Waals surface area contributed by atoms with E-state index in [4.69, 9.17) is 11.6 Å². The fourth-order valence-electron chi connectivity index (χ4n) is 2.84. The number of rotatable bonds is 7. The molecule has 0 spiro atoms. The molecular weight excluding hydrogens is 411 g/mol. The number of amides is 2. The van der Waals surface area contributed by atoms with E-state index in [9.17, 15) is 27.5 Å². The van der Waals surface area contributed by atoms with Gasteiger partial charge in [-0.3, -0.25) is 14.5 Å². The summed E-state index contributed by atoms with van der Waals surface area (Å²) in [5.41, 5.74) is 0.540. The first kappa shape index (κ1) is 20.4. The zero-order chi connectivity index (χ0) is 20.5. The number of aliphatic hydroxyl groups is 1. The first-order valence-electron chi connectivity index (χ1n) is 8.28. The Hall–Kier alpha value is -2.33. The molecule has 1 heterocycles. The third-order valence-electron chi connectivity index (χ3n) is 4.22. The van der Waals surface area contributed by atoms with Crippen LogP contribution < -0.4 is 4.72 Å². The first-order valence-corrected chi connectivity index (χ1v) is 10.1. The lowest BCUT2D eigenvalue weighted by molar-refractivity contribution is 0.0535. The van der Waals surface area contributed by atoms with Gasteiger partial charge in [-0.15, -0.1) is 0 Å². The van der Waals surface area contributed by atoms with Crippen molar-refractivity contribution in [3.05, 3.63) is 64.4 Å². The molecule has 0 radical (unpaired) electrons. The summed E-state index contributed by atoms with van der Waals surface area (Å²) >= 11 is 5.75. The van der Waals surface area contributed by atoms with Gasteiger partial charge in [-0.05, 0) is 36.8 Å². The molecule has 2 amide bonds. The number of carbonyl (C=O) groups excluding carboxylic acids is 2. The van der Waals surface area contributed by atoms with Gasteiger partial charge in [0.1, 0.15) is 10.7 Å². The molecule has 1 atom stereocenters. The van der Waals surface area contributed by atoms with Crippen molar-refractivity contribution in [2.45, 2.75) is 17.4 Å². The topological polar surface area (TPSA) is 104 Å². The van der Waals surface area contributed by atoms with Crippen LogP contribution in [0, 0.1) is 5.82 Å². The van der Waals surface area contributed by atoms with Crippen LogP contribution in [0.5, 0.6) is 0 Å². The summed E-state index contributed by atoms with van der Waals surface area (Å²) in [5, 5.41) is 9.86. The van der Waals surface area contributed by atoms with Crippen LogP contribution in [0.4, 0.5) is 4.39 Å². The molecule has 0 fully saturated rings. The summed E-state index contributed by atoms with van der Waals surface area (Å²) in [5.74, 6) is -1.67. The predicted molar refractivity (Wildman–Crippen MR) is 99.0 cm³/mol. The zero-order valence-corrected chi connectivity index (χ0v) is 16.0. The summed E-state index contributed by atoms with van der Waals surface area (Å²) < 4.78 is 39.8. The van der Waals surface area contributed by atoms with Crippen molar-refractivity contribution in [2.75, 3.05) is 13.1 Å². The predicted octanol–water partition coefficient (Wildman–Crippen LogP) is 1.80. The van der Waals surface area contributed by atoms with Crippen molar-refractivity contribution in [1.29, 1.82) is 0 Å². The highest BCUT2D eigenvalue weighted by Gasteiger charge is 2.36. The molecule has 1 aliphatic heterocycles. The Morgan fingerprint density at radius 1 is 1.11 bits per heavy atom. The van der Waals surface area contributed by atoms with Crippen molar-refractivity contribution in [3.63, 3.8) is 0 Å². The maximum absolute atomic E-state index is 13.1. The molecule has 0 aliphatic carbocycles. The molecule has 3 rings (SSSR count). The summed E-state index contributed by atoms with van der Waals surface area (Å²) in [6.45, 7) is -0.425. The van der Waals surface area contributed by atoms with E-state index in [0.29, 0.717) is 0 Å². The number of benzene rings is 2. The normalized spacial score (nSPS) is 15.0. The van der Waals surface area contributed by atoms with Crippen molar-refractivity contribution in [3.8, 4) is 0 Å². The Balaban J connectivity index is 1.57. The first-order chi connectivity index (χ1) is 13.2. The van der Waals surface area contributed by atoms with Crippen LogP contribution in [0.15, 0.2) is 47.4 Å². The molecule has 0 aromatic heterocycles. The lowest BCUT2D eigenvalue weighted by Crippen LogP contribution is -2.38. The molecule has 10 heteroatoms. The van der Waals surface area contributed by atoms with Crippen LogP contribution in [0.3, 0.4) is 0 Å². The molecule has 2 N–H and O–H groups in total. The molecular formula is C18H16ClFN2O5S. The fourth-order valence-corrected chi connectivity index (χ4v) is 4.41. The van der Waals surface area contributed by atoms with E-state index >= 15 is 0 Å². The summed E-state index contributed by atoms with van der Waals surface area (Å²) in [6.07, 6.45) is -1.18. The number of hydrogen-bond acceptors (Lipinski definition) is 5. The minimum absolute atomic E-state index is 0.0501. The maximum atomic E-state index is 13.1. The van der Waals surface area contributed by atoms with Crippen molar-refractivity contribution < 1.29 is 27.5 Å². The van der Waals surface area contributed by atoms with Crippen LogP contribution in [-0.4, -0.2) is 49.4 Å². The quantitative estimate of drug-likeness (QED) is 0.657. The molecule has 1 aliphatic rings. The highest BCUT2D eigenvalue weighted by Crippen LogP contribution is 2.23. The molecule has 0 saturated heterocycles. The second-order valence-corrected chi connectivity index (χ2v) is 8.32. The lowest BCUT2D eigenvalue weighted by Gasteiger charge is -2.18. The zero-order valence-electron chi connectivity index (χ0n) is 14.4. The van der Waals surface area contributed by atoms with Crippen molar-refractivity contribution in [1.82, 2.24) is 9.62 Å². The minimum atomic E-state index is -4.00. The summed E-state index contributed by atoms with van der Waals surface area (Å²) in [4.78, 5) is 25.2. The Labute approximate surface area is 165 Å². The summed E-state index contributed by atoms with van der Waals surface area (Å²) in [6, 6.07) is 9.23. The van der Waals surface area contributed by atoms with Gasteiger partial charge in [-0.1, -0.05) is 23.7 Å². The van der Waals surface area contributed by atoms with Crippen LogP contribution in [-0.2, 0) is 10.0 Å². The van der Waals surface area contributed by atoms with E-state index in [1.165, 1.54) is 12.1 Å². The number of hydrogen-bond donors (Lipinski definition) is 2. The molecule has 28 heavy (non-hydrogen) atoms. The van der Waals surface area contributed by atoms with Crippen LogP contribution in [0.2, 0.25) is 5.02 Å². The molecule has 2 aromatic rings. The Morgan fingerprint density at radius 3 is 2.29 bits per heavy atom. The van der Waals surface area contributed by atoms with E-state index in [-0.39, 0.29) is 40.6 Å². The van der Waals surface area contributed by atoms with Crippen molar-refractivity contribution in [2.24, 2.45) is 0 Å². The number of sulfonamides is 1. The van der Waals surface area contributed by atoms with Crippen LogP contribution >= 0.6 is 11.6 Å². The number of halogens is 2. The molecule has 148 valence electrons. The number of β-amino-alcohol motifs (C(OH)–C–C–N with tert-alkyl or cyclic N) is 1. The van der Waals surface area contributed by atoms with E-state index in [2.05, 4.69) is 4.72 Å². The van der Waals surface area contributed by atoms with Crippen LogP contribution in [0.1, 0.15) is 27.1 Å². The smallest absolute Gasteiger partial charge is 0.261 e. The highest BCUT2D eigenvalue weighted by molar-refractivity contribution is 7.89. The van der Waals surface area contributed by atoms with Gasteiger partial charge >= 0.3 is 0 Å². The standard InChI is InChI=1S/C18H16ClFN2O5S/c19-15-9-11(20)5-6-16(15)28(26,27)21-8-7-12(23)10-22-17(24)13-3-1-2-4-14(13)18(22)25/h1-6,9,12,21,23H,7-8,10H2. The Kier molecular flexibility index (Phi) is 5.80. The molecule has 0 bridgehead atoms. The number of aliphatic hydroxyl groups excluding tert-OH is 1. The SMILES string of the molecule is O=C1c2ccccc2C(=O)N1CC(O)CCNS(=O)(=O)c1ccc(F)cc1Cl. The van der Waals surface area contributed by atoms with E-state index < -0.39 is 33.8 Å². The second-order valence-electron chi connectivity index (χ2n) is 6.18. The largest absolute Gasteiger partial charge is 0.391 e. The number of nitrogens with zero attached hydrogens (tertiary/aromatic N) is 1. The molecule has 7 nitrogen and oxygen atoms in total.